The lowest BCUT2D eigenvalue weighted by Crippen LogP contribution is -2.36. The second kappa shape index (κ2) is 6.60. The molecule has 1 atom stereocenters. The van der Waals surface area contributed by atoms with Gasteiger partial charge in [0.25, 0.3) is 0 Å². The number of amides is 2. The summed E-state index contributed by atoms with van der Waals surface area (Å²) in [5, 5.41) is 6.64. The van der Waals surface area contributed by atoms with E-state index in [1.165, 1.54) is 11.0 Å². The molecule has 0 radical (unpaired) electrons. The molecule has 126 valence electrons. The third-order valence-electron chi connectivity index (χ3n) is 4.01. The first-order valence-corrected chi connectivity index (χ1v) is 7.86. The van der Waals surface area contributed by atoms with Gasteiger partial charge < -0.3 is 10.2 Å². The highest BCUT2D eigenvalue weighted by Gasteiger charge is 2.37. The Kier molecular flexibility index (Phi) is 4.53. The number of carbonyl (C=O) groups is 2. The molecule has 8 heteroatoms. The van der Waals surface area contributed by atoms with E-state index in [9.17, 15) is 14.0 Å². The maximum Gasteiger partial charge on any atom is 0.239 e. The van der Waals surface area contributed by atoms with Crippen LogP contribution < -0.4 is 10.2 Å². The van der Waals surface area contributed by atoms with Crippen LogP contribution in [0.1, 0.15) is 12.0 Å². The average molecular weight is 351 g/mol. The molecule has 1 unspecified atom stereocenters. The van der Waals surface area contributed by atoms with Crippen LogP contribution in [-0.4, -0.2) is 28.1 Å². The normalized spacial score (nSPS) is 17.4. The summed E-state index contributed by atoms with van der Waals surface area (Å²) in [5.41, 5.74) is 0.948. The topological polar surface area (TPSA) is 67.2 Å². The molecule has 24 heavy (non-hydrogen) atoms. The SMILES string of the molecule is Cn1cc(N2CCC(C(=O)NCc3cccc(Cl)c3F)C2=O)cn1. The summed E-state index contributed by atoms with van der Waals surface area (Å²) in [7, 11) is 1.76. The molecule has 6 nitrogen and oxygen atoms in total. The van der Waals surface area contributed by atoms with Crippen molar-refractivity contribution >= 4 is 29.1 Å². The minimum Gasteiger partial charge on any atom is -0.351 e. The first kappa shape index (κ1) is 16.4. The van der Waals surface area contributed by atoms with E-state index < -0.39 is 17.6 Å². The van der Waals surface area contributed by atoms with Crippen molar-refractivity contribution in [2.75, 3.05) is 11.4 Å². The lowest BCUT2D eigenvalue weighted by molar-refractivity contribution is -0.132. The van der Waals surface area contributed by atoms with Crippen molar-refractivity contribution in [2.24, 2.45) is 13.0 Å². The van der Waals surface area contributed by atoms with Crippen LogP contribution >= 0.6 is 11.6 Å². The van der Waals surface area contributed by atoms with E-state index >= 15 is 0 Å². The molecule has 2 aromatic rings. The highest BCUT2D eigenvalue weighted by molar-refractivity contribution is 6.30. The summed E-state index contributed by atoms with van der Waals surface area (Å²) >= 11 is 5.71. The second-order valence-electron chi connectivity index (χ2n) is 5.63. The number of anilines is 1. The first-order valence-electron chi connectivity index (χ1n) is 7.48. The number of benzene rings is 1. The van der Waals surface area contributed by atoms with Crippen molar-refractivity contribution in [3.8, 4) is 0 Å². The van der Waals surface area contributed by atoms with Crippen LogP contribution in [0.4, 0.5) is 10.1 Å². The van der Waals surface area contributed by atoms with Gasteiger partial charge in [0.05, 0.1) is 16.9 Å². The second-order valence-corrected chi connectivity index (χ2v) is 6.04. The smallest absolute Gasteiger partial charge is 0.239 e. The van der Waals surface area contributed by atoms with Gasteiger partial charge in [-0.3, -0.25) is 14.3 Å². The predicted octanol–water partition coefficient (Wildman–Crippen LogP) is 1.88. The Morgan fingerprint density at radius 3 is 3.00 bits per heavy atom. The van der Waals surface area contributed by atoms with Crippen LogP contribution in [-0.2, 0) is 23.2 Å². The lowest BCUT2D eigenvalue weighted by atomic mass is 10.1. The molecule has 3 rings (SSSR count). The highest BCUT2D eigenvalue weighted by Crippen LogP contribution is 2.25. The summed E-state index contributed by atoms with van der Waals surface area (Å²) in [6.45, 7) is 0.441. The van der Waals surface area contributed by atoms with E-state index in [0.29, 0.717) is 18.7 Å². The predicted molar refractivity (Wildman–Crippen MR) is 86.9 cm³/mol. The molecule has 0 spiro atoms. The number of nitrogens with one attached hydrogen (secondary N) is 1. The number of hydrogen-bond acceptors (Lipinski definition) is 3. The minimum atomic E-state index is -0.771. The summed E-state index contributed by atoms with van der Waals surface area (Å²) in [6.07, 6.45) is 3.72. The molecule has 2 amide bonds. The van der Waals surface area contributed by atoms with Crippen LogP contribution in [0.15, 0.2) is 30.6 Å². The Labute approximate surface area is 143 Å². The number of aryl methyl sites for hydroxylation is 1. The Morgan fingerprint density at radius 1 is 1.50 bits per heavy atom. The molecule has 1 aromatic heterocycles. The van der Waals surface area contributed by atoms with E-state index in [0.717, 1.165) is 0 Å². The number of carbonyl (C=O) groups excluding carboxylic acids is 2. The molecule has 0 saturated carbocycles. The van der Waals surface area contributed by atoms with Gasteiger partial charge in [0, 0.05) is 31.9 Å². The van der Waals surface area contributed by atoms with Gasteiger partial charge in [0.15, 0.2) is 0 Å². The number of nitrogens with zero attached hydrogens (tertiary/aromatic N) is 3. The van der Waals surface area contributed by atoms with Crippen molar-refractivity contribution in [1.82, 2.24) is 15.1 Å². The van der Waals surface area contributed by atoms with Gasteiger partial charge in [0.1, 0.15) is 11.7 Å². The number of aromatic nitrogens is 2. The molecule has 1 saturated heterocycles. The zero-order valence-corrected chi connectivity index (χ0v) is 13.8. The minimum absolute atomic E-state index is 0.00134. The van der Waals surface area contributed by atoms with Crippen LogP contribution in [0, 0.1) is 11.7 Å². The van der Waals surface area contributed by atoms with Crippen LogP contribution in [0.25, 0.3) is 0 Å². The fourth-order valence-electron chi connectivity index (χ4n) is 2.72. The fraction of sp³-hybridized carbons (Fsp3) is 0.312. The standard InChI is InChI=1S/C16H16ClFN4O2/c1-21-9-11(8-20-21)22-6-5-12(16(22)24)15(23)19-7-10-3-2-4-13(17)14(10)18/h2-4,8-9,12H,5-7H2,1H3,(H,19,23). The van der Waals surface area contributed by atoms with Gasteiger partial charge in [-0.05, 0) is 12.5 Å². The molecular weight excluding hydrogens is 335 g/mol. The Bertz CT molecular complexity index is 792. The van der Waals surface area contributed by atoms with Crippen molar-refractivity contribution in [3.63, 3.8) is 0 Å². The molecule has 1 aliphatic rings. The third kappa shape index (κ3) is 3.12. The Balaban J connectivity index is 1.64. The molecule has 2 heterocycles. The van der Waals surface area contributed by atoms with Gasteiger partial charge in [-0.15, -0.1) is 0 Å². The van der Waals surface area contributed by atoms with Gasteiger partial charge in [-0.1, -0.05) is 23.7 Å². The number of hydrogen-bond donors (Lipinski definition) is 1. The Morgan fingerprint density at radius 2 is 2.29 bits per heavy atom. The van der Waals surface area contributed by atoms with Crippen molar-refractivity contribution < 1.29 is 14.0 Å². The summed E-state index contributed by atoms with van der Waals surface area (Å²) in [6, 6.07) is 4.59. The molecular formula is C16H16ClFN4O2. The van der Waals surface area contributed by atoms with E-state index in [2.05, 4.69) is 10.4 Å². The molecule has 1 N–H and O–H groups in total. The third-order valence-corrected chi connectivity index (χ3v) is 4.30. The summed E-state index contributed by atoms with van der Waals surface area (Å²) in [4.78, 5) is 26.2. The largest absolute Gasteiger partial charge is 0.351 e. The highest BCUT2D eigenvalue weighted by atomic mass is 35.5. The lowest BCUT2D eigenvalue weighted by Gasteiger charge is -2.14. The average Bonchev–Trinajstić information content (AvgIpc) is 3.14. The van der Waals surface area contributed by atoms with Gasteiger partial charge in [-0.2, -0.15) is 5.10 Å². The van der Waals surface area contributed by atoms with Crippen molar-refractivity contribution in [2.45, 2.75) is 13.0 Å². The number of rotatable bonds is 4. The zero-order chi connectivity index (χ0) is 17.3. The van der Waals surface area contributed by atoms with Crippen LogP contribution in [0.5, 0.6) is 0 Å². The number of halogens is 2. The quantitative estimate of drug-likeness (QED) is 0.856. The van der Waals surface area contributed by atoms with Gasteiger partial charge >= 0.3 is 0 Å². The maximum atomic E-state index is 13.8. The molecule has 0 aliphatic carbocycles. The van der Waals surface area contributed by atoms with Crippen LogP contribution in [0.3, 0.4) is 0 Å². The van der Waals surface area contributed by atoms with Gasteiger partial charge in [0.2, 0.25) is 11.8 Å². The zero-order valence-electron chi connectivity index (χ0n) is 13.0. The van der Waals surface area contributed by atoms with E-state index in [1.807, 2.05) is 0 Å². The maximum absolute atomic E-state index is 13.8. The monoisotopic (exact) mass is 350 g/mol. The van der Waals surface area contributed by atoms with Crippen molar-refractivity contribution in [1.29, 1.82) is 0 Å². The van der Waals surface area contributed by atoms with Crippen molar-refractivity contribution in [3.05, 3.63) is 47.0 Å². The van der Waals surface area contributed by atoms with E-state index in [4.69, 9.17) is 11.6 Å². The van der Waals surface area contributed by atoms with Gasteiger partial charge in [-0.25, -0.2) is 4.39 Å². The summed E-state index contributed by atoms with van der Waals surface area (Å²) in [5.74, 6) is -2.01. The molecule has 0 bridgehead atoms. The van der Waals surface area contributed by atoms with E-state index in [1.54, 1.807) is 36.3 Å². The molecule has 1 fully saturated rings. The molecule has 1 aliphatic heterocycles. The van der Waals surface area contributed by atoms with E-state index in [-0.39, 0.29) is 23.0 Å². The summed E-state index contributed by atoms with van der Waals surface area (Å²) < 4.78 is 15.4. The first-order chi connectivity index (χ1) is 11.5. The molecule has 1 aromatic carbocycles. The fourth-order valence-corrected chi connectivity index (χ4v) is 2.91. The van der Waals surface area contributed by atoms with Crippen LogP contribution in [0.2, 0.25) is 5.02 Å². The Hall–Kier alpha value is -2.41.